The van der Waals surface area contributed by atoms with Gasteiger partial charge in [0.25, 0.3) is 0 Å². The van der Waals surface area contributed by atoms with Gasteiger partial charge in [0.15, 0.2) is 0 Å². The van der Waals surface area contributed by atoms with Gasteiger partial charge in [-0.3, -0.25) is 5.41 Å². The third-order valence-electron chi connectivity index (χ3n) is 3.37. The van der Waals surface area contributed by atoms with E-state index in [9.17, 15) is 4.39 Å². The van der Waals surface area contributed by atoms with Crippen molar-refractivity contribution in [2.24, 2.45) is 11.7 Å². The zero-order chi connectivity index (χ0) is 13.0. The Morgan fingerprint density at radius 3 is 2.72 bits per heavy atom. The zero-order valence-electron chi connectivity index (χ0n) is 10.4. The minimum Gasteiger partial charge on any atom is -0.384 e. The Morgan fingerprint density at radius 1 is 1.33 bits per heavy atom. The van der Waals surface area contributed by atoms with Crippen molar-refractivity contribution in [3.63, 3.8) is 0 Å². The maximum absolute atomic E-state index is 13.3. The molecule has 0 aliphatic heterocycles. The molecule has 0 heterocycles. The van der Waals surface area contributed by atoms with Crippen molar-refractivity contribution in [3.05, 3.63) is 35.1 Å². The molecule has 3 N–H and O–H groups in total. The molecule has 1 aromatic carbocycles. The molecule has 0 unspecified atom stereocenters. The topological polar surface area (TPSA) is 59.1 Å². The van der Waals surface area contributed by atoms with Gasteiger partial charge in [0.1, 0.15) is 11.7 Å². The van der Waals surface area contributed by atoms with E-state index >= 15 is 0 Å². The number of hydrogen-bond acceptors (Lipinski definition) is 2. The maximum Gasteiger partial charge on any atom is 0.124 e. The molecule has 0 spiro atoms. The minimum absolute atomic E-state index is 0.119. The molecule has 1 aromatic rings. The molecule has 3 nitrogen and oxygen atoms in total. The molecular formula is C14H19FN2O. The van der Waals surface area contributed by atoms with Crippen LogP contribution in [0.3, 0.4) is 0 Å². The lowest BCUT2D eigenvalue weighted by Crippen LogP contribution is -2.12. The van der Waals surface area contributed by atoms with Gasteiger partial charge in [0.05, 0.1) is 6.61 Å². The number of benzene rings is 1. The second-order valence-electron chi connectivity index (χ2n) is 4.93. The van der Waals surface area contributed by atoms with Crippen LogP contribution in [-0.4, -0.2) is 12.4 Å². The van der Waals surface area contributed by atoms with Crippen molar-refractivity contribution in [1.29, 1.82) is 5.41 Å². The first-order valence-corrected chi connectivity index (χ1v) is 6.37. The van der Waals surface area contributed by atoms with Crippen molar-refractivity contribution < 1.29 is 9.13 Å². The Kier molecular flexibility index (Phi) is 4.31. The second-order valence-corrected chi connectivity index (χ2v) is 4.93. The van der Waals surface area contributed by atoms with Gasteiger partial charge in [-0.15, -0.1) is 0 Å². The fraction of sp³-hybridized carbons (Fsp3) is 0.500. The first kappa shape index (κ1) is 13.0. The van der Waals surface area contributed by atoms with E-state index in [2.05, 4.69) is 0 Å². The molecule has 0 atom stereocenters. The van der Waals surface area contributed by atoms with E-state index in [1.807, 2.05) is 0 Å². The fourth-order valence-corrected chi connectivity index (χ4v) is 2.41. The van der Waals surface area contributed by atoms with Crippen LogP contribution in [0.15, 0.2) is 18.2 Å². The normalized spacial score (nSPS) is 16.1. The van der Waals surface area contributed by atoms with Crippen LogP contribution in [-0.2, 0) is 11.3 Å². The summed E-state index contributed by atoms with van der Waals surface area (Å²) in [6.45, 7) is 1.13. The number of nitrogens with one attached hydrogen (secondary N) is 1. The van der Waals surface area contributed by atoms with Crippen LogP contribution in [0.25, 0.3) is 0 Å². The predicted octanol–water partition coefficient (Wildman–Crippen LogP) is 2.82. The molecule has 0 bridgehead atoms. The third kappa shape index (κ3) is 3.53. The highest BCUT2D eigenvalue weighted by Gasteiger charge is 2.14. The number of halogens is 1. The molecule has 18 heavy (non-hydrogen) atoms. The average molecular weight is 250 g/mol. The third-order valence-corrected chi connectivity index (χ3v) is 3.37. The van der Waals surface area contributed by atoms with Crippen molar-refractivity contribution in [1.82, 2.24) is 0 Å². The van der Waals surface area contributed by atoms with Gasteiger partial charge in [-0.1, -0.05) is 12.8 Å². The summed E-state index contributed by atoms with van der Waals surface area (Å²) in [6, 6.07) is 4.41. The Hall–Kier alpha value is -1.42. The summed E-state index contributed by atoms with van der Waals surface area (Å²) in [5.41, 5.74) is 6.50. The van der Waals surface area contributed by atoms with Gasteiger partial charge in [-0.05, 0) is 42.5 Å². The molecular weight excluding hydrogens is 231 g/mol. The van der Waals surface area contributed by atoms with Crippen LogP contribution in [0.4, 0.5) is 4.39 Å². The first-order chi connectivity index (χ1) is 8.65. The monoisotopic (exact) mass is 250 g/mol. The van der Waals surface area contributed by atoms with E-state index in [-0.39, 0.29) is 11.7 Å². The largest absolute Gasteiger partial charge is 0.384 e. The van der Waals surface area contributed by atoms with Crippen LogP contribution in [0.2, 0.25) is 0 Å². The van der Waals surface area contributed by atoms with Gasteiger partial charge >= 0.3 is 0 Å². The second kappa shape index (κ2) is 5.96. The number of nitrogens with two attached hydrogens (primary N) is 1. The highest BCUT2D eigenvalue weighted by Crippen LogP contribution is 2.25. The number of rotatable bonds is 5. The molecule has 2 rings (SSSR count). The molecule has 1 fully saturated rings. The van der Waals surface area contributed by atoms with Gasteiger partial charge in [0.2, 0.25) is 0 Å². The lowest BCUT2D eigenvalue weighted by molar-refractivity contribution is 0.0887. The maximum atomic E-state index is 13.3. The summed E-state index contributed by atoms with van der Waals surface area (Å²) >= 11 is 0. The highest BCUT2D eigenvalue weighted by atomic mass is 19.1. The van der Waals surface area contributed by atoms with Crippen LogP contribution in [0.5, 0.6) is 0 Å². The summed E-state index contributed by atoms with van der Waals surface area (Å²) in [5, 5.41) is 7.31. The van der Waals surface area contributed by atoms with Gasteiger partial charge in [-0.25, -0.2) is 4.39 Å². The van der Waals surface area contributed by atoms with E-state index in [1.54, 1.807) is 6.07 Å². The summed E-state index contributed by atoms with van der Waals surface area (Å²) in [5.74, 6) is 0.166. The van der Waals surface area contributed by atoms with E-state index < -0.39 is 0 Å². The molecule has 0 radical (unpaired) electrons. The standard InChI is InChI=1S/C14H19FN2O/c15-13-6-11(5-12(7-13)14(16)17)9-18-8-10-3-1-2-4-10/h5-7,10H,1-4,8-9H2,(H3,16,17). The van der Waals surface area contributed by atoms with Crippen molar-refractivity contribution >= 4 is 5.84 Å². The molecule has 1 aliphatic carbocycles. The molecule has 1 saturated carbocycles. The van der Waals surface area contributed by atoms with Gasteiger partial charge in [-0.2, -0.15) is 0 Å². The number of nitrogen functional groups attached to an aromatic ring is 1. The smallest absolute Gasteiger partial charge is 0.124 e. The Morgan fingerprint density at radius 2 is 2.06 bits per heavy atom. The summed E-state index contributed by atoms with van der Waals surface area (Å²) in [4.78, 5) is 0. The van der Waals surface area contributed by atoms with E-state index in [0.717, 1.165) is 12.2 Å². The van der Waals surface area contributed by atoms with E-state index in [0.29, 0.717) is 18.1 Å². The van der Waals surface area contributed by atoms with E-state index in [1.165, 1.54) is 37.8 Å². The van der Waals surface area contributed by atoms with Crippen molar-refractivity contribution in [2.75, 3.05) is 6.61 Å². The number of amidine groups is 1. The lowest BCUT2D eigenvalue weighted by atomic mass is 10.1. The molecule has 0 amide bonds. The summed E-state index contributed by atoms with van der Waals surface area (Å²) in [7, 11) is 0. The molecule has 0 aromatic heterocycles. The van der Waals surface area contributed by atoms with Gasteiger partial charge in [0, 0.05) is 12.2 Å². The summed E-state index contributed by atoms with van der Waals surface area (Å²) < 4.78 is 18.9. The number of ether oxygens (including phenoxy) is 1. The Labute approximate surface area is 107 Å². The molecule has 1 aliphatic rings. The summed E-state index contributed by atoms with van der Waals surface area (Å²) in [6.07, 6.45) is 5.06. The first-order valence-electron chi connectivity index (χ1n) is 6.37. The SMILES string of the molecule is N=C(N)c1cc(F)cc(COCC2CCCC2)c1. The Bertz CT molecular complexity index is 428. The van der Waals surface area contributed by atoms with Crippen LogP contribution in [0.1, 0.15) is 36.8 Å². The predicted molar refractivity (Wildman–Crippen MR) is 69.0 cm³/mol. The minimum atomic E-state index is -0.373. The van der Waals surface area contributed by atoms with Gasteiger partial charge < -0.3 is 10.5 Å². The van der Waals surface area contributed by atoms with Crippen LogP contribution in [0, 0.1) is 17.1 Å². The van der Waals surface area contributed by atoms with Crippen molar-refractivity contribution in [2.45, 2.75) is 32.3 Å². The molecule has 0 saturated heterocycles. The Balaban J connectivity index is 1.89. The average Bonchev–Trinajstić information content (AvgIpc) is 2.81. The zero-order valence-corrected chi connectivity index (χ0v) is 10.4. The van der Waals surface area contributed by atoms with Crippen LogP contribution < -0.4 is 5.73 Å². The highest BCUT2D eigenvalue weighted by molar-refractivity contribution is 5.95. The molecule has 4 heteroatoms. The number of hydrogen-bond donors (Lipinski definition) is 2. The van der Waals surface area contributed by atoms with E-state index in [4.69, 9.17) is 15.9 Å². The van der Waals surface area contributed by atoms with Crippen LogP contribution >= 0.6 is 0 Å². The quantitative estimate of drug-likeness (QED) is 0.623. The molecule has 98 valence electrons. The van der Waals surface area contributed by atoms with Crippen molar-refractivity contribution in [3.8, 4) is 0 Å². The fourth-order valence-electron chi connectivity index (χ4n) is 2.41. The lowest BCUT2D eigenvalue weighted by Gasteiger charge is -2.10.